The number of amides is 2. The van der Waals surface area contributed by atoms with Gasteiger partial charge in [0.15, 0.2) is 5.82 Å². The van der Waals surface area contributed by atoms with Crippen LogP contribution in [0.15, 0.2) is 24.3 Å². The summed E-state index contributed by atoms with van der Waals surface area (Å²) in [4.78, 5) is 31.0. The van der Waals surface area contributed by atoms with Gasteiger partial charge in [-0.05, 0) is 56.9 Å². The summed E-state index contributed by atoms with van der Waals surface area (Å²) in [5.74, 6) is 2.06. The number of ether oxygens (including phenoxy) is 2. The second-order valence-electron chi connectivity index (χ2n) is 9.55. The van der Waals surface area contributed by atoms with E-state index in [2.05, 4.69) is 20.4 Å². The molecule has 0 radical (unpaired) electrons. The fraction of sp³-hybridized carbons (Fsp3) is 0.583. The average Bonchev–Trinajstić information content (AvgIpc) is 3.38. The summed E-state index contributed by atoms with van der Waals surface area (Å²) in [5.41, 5.74) is 1.61. The van der Waals surface area contributed by atoms with Gasteiger partial charge in [-0.25, -0.2) is 4.79 Å². The zero-order chi connectivity index (χ0) is 23.1. The van der Waals surface area contributed by atoms with Crippen LogP contribution in [0.5, 0.6) is 0 Å². The SMILES string of the molecule is CCNC(=O)Nc1ccc(-c2nc(N3CC4CCC(C3)O4)nc(N3CC4CCC(C3)O4)n2)cc1. The molecule has 6 rings (SSSR count). The fourth-order valence-electron chi connectivity index (χ4n) is 5.36. The molecular formula is C24H31N7O3. The molecular weight excluding hydrogens is 434 g/mol. The molecule has 2 N–H and O–H groups in total. The van der Waals surface area contributed by atoms with Crippen molar-refractivity contribution in [2.75, 3.05) is 47.8 Å². The third-order valence-electron chi connectivity index (χ3n) is 7.00. The third-order valence-corrected chi connectivity index (χ3v) is 7.00. The zero-order valence-electron chi connectivity index (χ0n) is 19.4. The van der Waals surface area contributed by atoms with Crippen LogP contribution in [-0.2, 0) is 9.47 Å². The molecule has 4 saturated heterocycles. The van der Waals surface area contributed by atoms with Gasteiger partial charge >= 0.3 is 6.03 Å². The first-order valence-corrected chi connectivity index (χ1v) is 12.3. The number of aromatic nitrogens is 3. The second kappa shape index (κ2) is 8.99. The van der Waals surface area contributed by atoms with E-state index in [4.69, 9.17) is 24.4 Å². The quantitative estimate of drug-likeness (QED) is 0.694. The minimum atomic E-state index is -0.219. The molecule has 10 heteroatoms. The highest BCUT2D eigenvalue weighted by Crippen LogP contribution is 2.32. The largest absolute Gasteiger partial charge is 0.371 e. The van der Waals surface area contributed by atoms with Crippen LogP contribution >= 0.6 is 0 Å². The van der Waals surface area contributed by atoms with Gasteiger partial charge in [0.25, 0.3) is 0 Å². The maximum atomic E-state index is 11.8. The number of anilines is 3. The Hall–Kier alpha value is -2.98. The van der Waals surface area contributed by atoms with Gasteiger partial charge in [-0.3, -0.25) is 0 Å². The lowest BCUT2D eigenvalue weighted by molar-refractivity contribution is 0.0293. The molecule has 0 aliphatic carbocycles. The molecule has 4 unspecified atom stereocenters. The van der Waals surface area contributed by atoms with Crippen LogP contribution in [0.3, 0.4) is 0 Å². The first-order valence-electron chi connectivity index (χ1n) is 12.3. The van der Waals surface area contributed by atoms with Crippen LogP contribution in [0, 0.1) is 0 Å². The summed E-state index contributed by atoms with van der Waals surface area (Å²) in [7, 11) is 0. The first-order chi connectivity index (χ1) is 16.6. The second-order valence-corrected chi connectivity index (χ2v) is 9.55. The molecule has 180 valence electrons. The standard InChI is InChI=1S/C24H31N7O3/c1-2-25-24(32)26-16-5-3-15(4-6-16)21-27-22(30-11-17-7-8-18(12-30)33-17)29-23(28-21)31-13-19-9-10-20(14-31)34-19/h3-6,17-20H,2,7-14H2,1H3,(H2,25,26,32). The number of hydrogen-bond acceptors (Lipinski definition) is 8. The summed E-state index contributed by atoms with van der Waals surface area (Å²) < 4.78 is 12.1. The average molecular weight is 466 g/mol. The zero-order valence-corrected chi connectivity index (χ0v) is 19.4. The van der Waals surface area contributed by atoms with Crippen molar-refractivity contribution in [2.24, 2.45) is 0 Å². The smallest absolute Gasteiger partial charge is 0.319 e. The number of rotatable bonds is 5. The lowest BCUT2D eigenvalue weighted by Crippen LogP contribution is -2.45. The van der Waals surface area contributed by atoms with Gasteiger partial charge in [0.05, 0.1) is 24.4 Å². The van der Waals surface area contributed by atoms with E-state index in [0.717, 1.165) is 63.1 Å². The van der Waals surface area contributed by atoms with E-state index in [0.29, 0.717) is 24.3 Å². The predicted octanol–water partition coefficient (Wildman–Crippen LogP) is 2.42. The monoisotopic (exact) mass is 465 g/mol. The highest BCUT2D eigenvalue weighted by molar-refractivity contribution is 5.89. The summed E-state index contributed by atoms with van der Waals surface area (Å²) >= 11 is 0. The summed E-state index contributed by atoms with van der Waals surface area (Å²) in [6, 6.07) is 7.41. The van der Waals surface area contributed by atoms with Gasteiger partial charge < -0.3 is 29.9 Å². The van der Waals surface area contributed by atoms with Crippen molar-refractivity contribution >= 4 is 23.6 Å². The van der Waals surface area contributed by atoms with E-state index in [9.17, 15) is 4.79 Å². The van der Waals surface area contributed by atoms with Crippen molar-refractivity contribution in [1.29, 1.82) is 0 Å². The molecule has 4 aliphatic rings. The topological polar surface area (TPSA) is 105 Å². The molecule has 2 aromatic rings. The molecule has 1 aromatic carbocycles. The number of carbonyl (C=O) groups excluding carboxylic acids is 1. The highest BCUT2D eigenvalue weighted by Gasteiger charge is 2.37. The van der Waals surface area contributed by atoms with Gasteiger partial charge in [-0.2, -0.15) is 15.0 Å². The fourth-order valence-corrected chi connectivity index (χ4v) is 5.36. The van der Waals surface area contributed by atoms with Crippen molar-refractivity contribution in [3.63, 3.8) is 0 Å². The minimum Gasteiger partial charge on any atom is -0.371 e. The van der Waals surface area contributed by atoms with Crippen LogP contribution in [0.1, 0.15) is 32.6 Å². The number of fused-ring (bicyclic) bond motifs is 4. The van der Waals surface area contributed by atoms with E-state index in [1.54, 1.807) is 0 Å². The Morgan fingerprint density at radius 3 is 1.82 bits per heavy atom. The van der Waals surface area contributed by atoms with Gasteiger partial charge in [-0.1, -0.05) is 0 Å². The Morgan fingerprint density at radius 1 is 0.853 bits per heavy atom. The van der Waals surface area contributed by atoms with Gasteiger partial charge in [0.1, 0.15) is 0 Å². The lowest BCUT2D eigenvalue weighted by Gasteiger charge is -2.34. The van der Waals surface area contributed by atoms with Gasteiger partial charge in [0, 0.05) is 44.0 Å². The maximum Gasteiger partial charge on any atom is 0.319 e. The molecule has 4 atom stereocenters. The lowest BCUT2D eigenvalue weighted by atomic mass is 10.2. The highest BCUT2D eigenvalue weighted by atomic mass is 16.5. The van der Waals surface area contributed by atoms with Crippen LogP contribution in [0.25, 0.3) is 11.4 Å². The van der Waals surface area contributed by atoms with Crippen LogP contribution in [0.2, 0.25) is 0 Å². The molecule has 4 bridgehead atoms. The van der Waals surface area contributed by atoms with Crippen molar-refractivity contribution in [2.45, 2.75) is 57.0 Å². The molecule has 0 saturated carbocycles. The molecule has 2 amide bonds. The van der Waals surface area contributed by atoms with Gasteiger partial charge in [0.2, 0.25) is 11.9 Å². The number of benzene rings is 1. The number of urea groups is 1. The molecule has 4 fully saturated rings. The third kappa shape index (κ3) is 4.39. The molecule has 4 aliphatic heterocycles. The first kappa shape index (κ1) is 21.5. The number of nitrogens with one attached hydrogen (secondary N) is 2. The van der Waals surface area contributed by atoms with Gasteiger partial charge in [-0.15, -0.1) is 0 Å². The van der Waals surface area contributed by atoms with Crippen molar-refractivity contribution < 1.29 is 14.3 Å². The number of morpholine rings is 2. The molecule has 34 heavy (non-hydrogen) atoms. The van der Waals surface area contributed by atoms with Crippen LogP contribution in [-0.4, -0.2) is 78.1 Å². The normalized spacial score (nSPS) is 27.7. The summed E-state index contributed by atoms with van der Waals surface area (Å²) in [6.45, 7) is 5.70. The van der Waals surface area contributed by atoms with E-state index in [1.807, 2.05) is 31.2 Å². The van der Waals surface area contributed by atoms with Crippen LogP contribution in [0.4, 0.5) is 22.4 Å². The Balaban J connectivity index is 1.30. The number of carbonyl (C=O) groups is 1. The number of nitrogens with zero attached hydrogens (tertiary/aromatic N) is 5. The predicted molar refractivity (Wildman–Crippen MR) is 128 cm³/mol. The molecule has 10 nitrogen and oxygen atoms in total. The Morgan fingerprint density at radius 2 is 1.35 bits per heavy atom. The maximum absolute atomic E-state index is 11.8. The van der Waals surface area contributed by atoms with Crippen LogP contribution < -0.4 is 20.4 Å². The Labute approximate surface area is 199 Å². The van der Waals surface area contributed by atoms with Crippen molar-refractivity contribution in [3.8, 4) is 11.4 Å². The summed E-state index contributed by atoms with van der Waals surface area (Å²) in [5, 5.41) is 5.57. The Bertz CT molecular complexity index is 977. The minimum absolute atomic E-state index is 0.219. The Kier molecular flexibility index (Phi) is 5.70. The van der Waals surface area contributed by atoms with E-state index < -0.39 is 0 Å². The number of hydrogen-bond donors (Lipinski definition) is 2. The molecule has 1 aromatic heterocycles. The molecule has 0 spiro atoms. The summed E-state index contributed by atoms with van der Waals surface area (Å²) in [6.07, 6.45) is 5.39. The van der Waals surface area contributed by atoms with E-state index >= 15 is 0 Å². The van der Waals surface area contributed by atoms with E-state index in [-0.39, 0.29) is 30.4 Å². The molecule has 5 heterocycles. The van der Waals surface area contributed by atoms with Crippen molar-refractivity contribution in [1.82, 2.24) is 20.3 Å². The van der Waals surface area contributed by atoms with E-state index in [1.165, 1.54) is 0 Å². The van der Waals surface area contributed by atoms with Crippen molar-refractivity contribution in [3.05, 3.63) is 24.3 Å².